The fraction of sp³-hybridized carbons (Fsp3) is 0.600. The molecule has 1 aromatic heterocycles. The van der Waals surface area contributed by atoms with Crippen molar-refractivity contribution in [1.82, 2.24) is 15.5 Å². The molecule has 1 fully saturated rings. The van der Waals surface area contributed by atoms with Gasteiger partial charge in [0.05, 0.1) is 17.3 Å². The molecule has 1 unspecified atom stereocenters. The predicted molar refractivity (Wildman–Crippen MR) is 59.5 cm³/mol. The first-order valence-corrected chi connectivity index (χ1v) is 5.74. The molecule has 1 saturated heterocycles. The van der Waals surface area contributed by atoms with Crippen LogP contribution in [0.4, 0.5) is 0 Å². The summed E-state index contributed by atoms with van der Waals surface area (Å²) in [5.41, 5.74) is 0.303. The molecule has 2 heterocycles. The molecular weight excluding hydrogens is 230 g/mol. The maximum atomic E-state index is 11.6. The standard InChI is InChI=1S/C10H14ClN3O2/c11-8-6-13-14-9(8)10(15)12-5-7-3-1-2-4-16-7/h6-7H,1-5H2,(H,12,15)(H,13,14). The van der Waals surface area contributed by atoms with Crippen molar-refractivity contribution in [3.63, 3.8) is 0 Å². The van der Waals surface area contributed by atoms with E-state index >= 15 is 0 Å². The molecule has 5 nitrogen and oxygen atoms in total. The smallest absolute Gasteiger partial charge is 0.270 e. The van der Waals surface area contributed by atoms with Crippen LogP contribution in [-0.2, 0) is 4.74 Å². The summed E-state index contributed by atoms with van der Waals surface area (Å²) < 4.78 is 5.50. The SMILES string of the molecule is O=C(NCC1CCCCO1)c1[nH]ncc1Cl. The normalized spacial score (nSPS) is 20.7. The Balaban J connectivity index is 1.81. The van der Waals surface area contributed by atoms with Crippen molar-refractivity contribution in [2.45, 2.75) is 25.4 Å². The van der Waals surface area contributed by atoms with E-state index in [4.69, 9.17) is 16.3 Å². The van der Waals surface area contributed by atoms with Crippen molar-refractivity contribution in [2.75, 3.05) is 13.2 Å². The van der Waals surface area contributed by atoms with Crippen LogP contribution in [0, 0.1) is 0 Å². The molecule has 16 heavy (non-hydrogen) atoms. The highest BCUT2D eigenvalue weighted by Gasteiger charge is 2.17. The third-order valence-corrected chi connectivity index (χ3v) is 2.87. The molecule has 0 radical (unpaired) electrons. The summed E-state index contributed by atoms with van der Waals surface area (Å²) in [5.74, 6) is -0.239. The number of carbonyl (C=O) groups excluding carboxylic acids is 1. The number of hydrogen-bond acceptors (Lipinski definition) is 3. The summed E-state index contributed by atoms with van der Waals surface area (Å²) in [4.78, 5) is 11.6. The summed E-state index contributed by atoms with van der Waals surface area (Å²) in [7, 11) is 0. The van der Waals surface area contributed by atoms with Gasteiger partial charge in [-0.05, 0) is 19.3 Å². The first kappa shape index (κ1) is 11.4. The van der Waals surface area contributed by atoms with Crippen LogP contribution in [0.25, 0.3) is 0 Å². The Labute approximate surface area is 98.5 Å². The van der Waals surface area contributed by atoms with Gasteiger partial charge in [-0.15, -0.1) is 0 Å². The topological polar surface area (TPSA) is 67.0 Å². The van der Waals surface area contributed by atoms with Crippen LogP contribution in [0.2, 0.25) is 5.02 Å². The minimum absolute atomic E-state index is 0.124. The lowest BCUT2D eigenvalue weighted by molar-refractivity contribution is 0.0168. The number of ether oxygens (including phenoxy) is 1. The van der Waals surface area contributed by atoms with Crippen molar-refractivity contribution in [2.24, 2.45) is 0 Å². The minimum Gasteiger partial charge on any atom is -0.376 e. The molecule has 0 spiro atoms. The van der Waals surface area contributed by atoms with E-state index in [1.54, 1.807) is 0 Å². The number of hydrogen-bond donors (Lipinski definition) is 2. The number of nitrogens with one attached hydrogen (secondary N) is 2. The summed E-state index contributed by atoms with van der Waals surface area (Å²) >= 11 is 5.77. The lowest BCUT2D eigenvalue weighted by Crippen LogP contribution is -2.35. The van der Waals surface area contributed by atoms with E-state index in [0.717, 1.165) is 25.9 Å². The van der Waals surface area contributed by atoms with E-state index in [2.05, 4.69) is 15.5 Å². The highest BCUT2D eigenvalue weighted by Crippen LogP contribution is 2.13. The van der Waals surface area contributed by atoms with Crippen molar-refractivity contribution in [3.8, 4) is 0 Å². The molecule has 1 aliphatic heterocycles. The average molecular weight is 244 g/mol. The van der Waals surface area contributed by atoms with Gasteiger partial charge in [0.15, 0.2) is 0 Å². The highest BCUT2D eigenvalue weighted by molar-refractivity contribution is 6.33. The number of rotatable bonds is 3. The molecule has 1 aliphatic rings. The quantitative estimate of drug-likeness (QED) is 0.843. The molecule has 2 rings (SSSR count). The Kier molecular flexibility index (Phi) is 3.79. The van der Waals surface area contributed by atoms with E-state index in [1.807, 2.05) is 0 Å². The third-order valence-electron chi connectivity index (χ3n) is 2.58. The van der Waals surface area contributed by atoms with Gasteiger partial charge in [-0.25, -0.2) is 0 Å². The summed E-state index contributed by atoms with van der Waals surface area (Å²) in [6, 6.07) is 0. The molecule has 1 aromatic rings. The fourth-order valence-electron chi connectivity index (χ4n) is 1.69. The largest absolute Gasteiger partial charge is 0.376 e. The van der Waals surface area contributed by atoms with Crippen LogP contribution in [-0.4, -0.2) is 35.4 Å². The van der Waals surface area contributed by atoms with Crippen molar-refractivity contribution in [3.05, 3.63) is 16.9 Å². The lowest BCUT2D eigenvalue weighted by atomic mass is 10.1. The van der Waals surface area contributed by atoms with Crippen molar-refractivity contribution in [1.29, 1.82) is 0 Å². The average Bonchev–Trinajstić information content (AvgIpc) is 2.74. The van der Waals surface area contributed by atoms with E-state index < -0.39 is 0 Å². The Morgan fingerprint density at radius 1 is 1.69 bits per heavy atom. The van der Waals surface area contributed by atoms with Gasteiger partial charge >= 0.3 is 0 Å². The maximum Gasteiger partial charge on any atom is 0.270 e. The van der Waals surface area contributed by atoms with Crippen LogP contribution >= 0.6 is 11.6 Å². The van der Waals surface area contributed by atoms with Gasteiger partial charge in [0, 0.05) is 13.2 Å². The predicted octanol–water partition coefficient (Wildman–Crippen LogP) is 1.36. The van der Waals surface area contributed by atoms with Crippen LogP contribution in [0.5, 0.6) is 0 Å². The Hall–Kier alpha value is -1.07. The number of nitrogens with zero attached hydrogens (tertiary/aromatic N) is 1. The first-order chi connectivity index (χ1) is 7.77. The van der Waals surface area contributed by atoms with Gasteiger partial charge in [0.1, 0.15) is 5.69 Å². The van der Waals surface area contributed by atoms with Gasteiger partial charge in [-0.1, -0.05) is 11.6 Å². The summed E-state index contributed by atoms with van der Waals surface area (Å²) in [6.45, 7) is 1.31. The second-order valence-electron chi connectivity index (χ2n) is 3.79. The number of aromatic nitrogens is 2. The number of H-pyrrole nitrogens is 1. The molecule has 2 N–H and O–H groups in total. The molecule has 1 atom stereocenters. The van der Waals surface area contributed by atoms with Crippen LogP contribution in [0.1, 0.15) is 29.8 Å². The summed E-state index contributed by atoms with van der Waals surface area (Å²) in [6.07, 6.45) is 4.80. The second kappa shape index (κ2) is 5.32. The maximum absolute atomic E-state index is 11.6. The molecule has 0 aliphatic carbocycles. The second-order valence-corrected chi connectivity index (χ2v) is 4.20. The molecule has 6 heteroatoms. The third kappa shape index (κ3) is 2.74. The van der Waals surface area contributed by atoms with Crippen molar-refractivity contribution >= 4 is 17.5 Å². The van der Waals surface area contributed by atoms with E-state index in [-0.39, 0.29) is 12.0 Å². The number of amides is 1. The zero-order chi connectivity index (χ0) is 11.4. The number of halogens is 1. The van der Waals surface area contributed by atoms with Crippen molar-refractivity contribution < 1.29 is 9.53 Å². The zero-order valence-electron chi connectivity index (χ0n) is 8.83. The van der Waals surface area contributed by atoms with E-state index in [9.17, 15) is 4.79 Å². The Morgan fingerprint density at radius 3 is 3.19 bits per heavy atom. The minimum atomic E-state index is -0.239. The van der Waals surface area contributed by atoms with Gasteiger partial charge < -0.3 is 10.1 Å². The zero-order valence-corrected chi connectivity index (χ0v) is 9.59. The highest BCUT2D eigenvalue weighted by atomic mass is 35.5. The van der Waals surface area contributed by atoms with Gasteiger partial charge in [-0.3, -0.25) is 9.89 Å². The molecule has 88 valence electrons. The number of carbonyl (C=O) groups is 1. The van der Waals surface area contributed by atoms with Crippen LogP contribution in [0.15, 0.2) is 6.20 Å². The molecule has 0 saturated carbocycles. The Bertz CT molecular complexity index is 361. The van der Waals surface area contributed by atoms with Gasteiger partial charge in [0.2, 0.25) is 0 Å². The first-order valence-electron chi connectivity index (χ1n) is 5.36. The number of aromatic amines is 1. The Morgan fingerprint density at radius 2 is 2.56 bits per heavy atom. The molecule has 0 aromatic carbocycles. The van der Waals surface area contributed by atoms with Crippen LogP contribution < -0.4 is 5.32 Å². The monoisotopic (exact) mass is 243 g/mol. The van der Waals surface area contributed by atoms with E-state index in [0.29, 0.717) is 17.3 Å². The van der Waals surface area contributed by atoms with Gasteiger partial charge in [0.25, 0.3) is 5.91 Å². The van der Waals surface area contributed by atoms with E-state index in [1.165, 1.54) is 6.20 Å². The summed E-state index contributed by atoms with van der Waals surface area (Å²) in [5, 5.41) is 9.36. The van der Waals surface area contributed by atoms with Crippen LogP contribution in [0.3, 0.4) is 0 Å². The molecular formula is C10H14ClN3O2. The fourth-order valence-corrected chi connectivity index (χ4v) is 1.87. The molecule has 0 bridgehead atoms. The lowest BCUT2D eigenvalue weighted by Gasteiger charge is -2.22. The molecule has 1 amide bonds. The van der Waals surface area contributed by atoms with Gasteiger partial charge in [-0.2, -0.15) is 5.10 Å².